The molecule has 1 aromatic carbocycles. The number of carbonyl (C=O) groups is 3. The minimum atomic E-state index is -0.632. The summed E-state index contributed by atoms with van der Waals surface area (Å²) in [5.41, 5.74) is 4.14. The summed E-state index contributed by atoms with van der Waals surface area (Å²) in [6.07, 6.45) is 1.70. The van der Waals surface area contributed by atoms with Crippen molar-refractivity contribution in [3.63, 3.8) is 0 Å². The second kappa shape index (κ2) is 8.84. The lowest BCUT2D eigenvalue weighted by molar-refractivity contribution is -0.123. The summed E-state index contributed by atoms with van der Waals surface area (Å²) in [7, 11) is 1.24. The average Bonchev–Trinajstić information content (AvgIpc) is 3.47. The molecule has 0 saturated carbocycles. The minimum Gasteiger partial charge on any atom is -0.463 e. The molecule has 0 unspecified atom stereocenters. The van der Waals surface area contributed by atoms with Crippen LogP contribution in [0.5, 0.6) is 0 Å². The van der Waals surface area contributed by atoms with Crippen LogP contribution in [0.4, 0.5) is 4.79 Å². The highest BCUT2D eigenvalue weighted by Gasteiger charge is 2.36. The van der Waals surface area contributed by atoms with Gasteiger partial charge in [-0.3, -0.25) is 14.5 Å². The highest BCUT2D eigenvalue weighted by Crippen LogP contribution is 2.35. The fourth-order valence-electron chi connectivity index (χ4n) is 3.62. The Kier molecular flexibility index (Phi) is 5.94. The average molecular weight is 461 g/mol. The van der Waals surface area contributed by atoms with Gasteiger partial charge in [0.2, 0.25) is 5.76 Å². The number of hydrogen-bond acceptors (Lipinski definition) is 7. The van der Waals surface area contributed by atoms with Crippen LogP contribution in [0.25, 0.3) is 11.8 Å². The Morgan fingerprint density at radius 1 is 1.18 bits per heavy atom. The molecule has 0 N–H and O–H groups in total. The van der Waals surface area contributed by atoms with E-state index >= 15 is 0 Å². The summed E-state index contributed by atoms with van der Waals surface area (Å²) in [4.78, 5) is 38.3. The summed E-state index contributed by atoms with van der Waals surface area (Å²) >= 11 is 0.858. The first-order chi connectivity index (χ1) is 15.8. The molecule has 0 atom stereocenters. The zero-order valence-electron chi connectivity index (χ0n) is 18.1. The molecule has 0 bridgehead atoms. The molecule has 2 amide bonds. The van der Waals surface area contributed by atoms with Crippen LogP contribution in [0, 0.1) is 25.2 Å². The lowest BCUT2D eigenvalue weighted by atomic mass is 10.2. The SMILES string of the molecule is COC(=O)c1ccc(CN2C(=O)S/C(=C/c3cc(C)n(-c4ccc(C#N)cc4)c3C)C2=O)o1. The summed E-state index contributed by atoms with van der Waals surface area (Å²) < 4.78 is 12.0. The maximum absolute atomic E-state index is 12.9. The first-order valence-electron chi connectivity index (χ1n) is 9.94. The van der Waals surface area contributed by atoms with Crippen molar-refractivity contribution < 1.29 is 23.5 Å². The van der Waals surface area contributed by atoms with E-state index in [2.05, 4.69) is 10.8 Å². The molecule has 3 aromatic rings. The molecular weight excluding hydrogens is 442 g/mol. The third kappa shape index (κ3) is 4.21. The molecule has 1 fully saturated rings. The lowest BCUT2D eigenvalue weighted by Gasteiger charge is -2.10. The van der Waals surface area contributed by atoms with E-state index in [0.29, 0.717) is 16.2 Å². The second-order valence-corrected chi connectivity index (χ2v) is 8.34. The number of furan rings is 1. The van der Waals surface area contributed by atoms with E-state index in [1.807, 2.05) is 36.6 Å². The molecule has 0 aliphatic carbocycles. The van der Waals surface area contributed by atoms with Gasteiger partial charge in [0.15, 0.2) is 0 Å². The molecule has 2 aromatic heterocycles. The number of benzene rings is 1. The topological polar surface area (TPSA) is 106 Å². The van der Waals surface area contributed by atoms with E-state index in [1.54, 1.807) is 18.2 Å². The van der Waals surface area contributed by atoms with Crippen molar-refractivity contribution in [3.8, 4) is 11.8 Å². The molecule has 9 heteroatoms. The van der Waals surface area contributed by atoms with Gasteiger partial charge in [0.1, 0.15) is 5.76 Å². The quantitative estimate of drug-likeness (QED) is 0.404. The van der Waals surface area contributed by atoms with Crippen molar-refractivity contribution in [2.75, 3.05) is 7.11 Å². The fraction of sp³-hybridized carbons (Fsp3) is 0.167. The Morgan fingerprint density at radius 3 is 2.58 bits per heavy atom. The van der Waals surface area contributed by atoms with Crippen LogP contribution in [0.1, 0.15) is 38.8 Å². The van der Waals surface area contributed by atoms with Crippen molar-refractivity contribution in [1.29, 1.82) is 5.26 Å². The van der Waals surface area contributed by atoms with Gasteiger partial charge >= 0.3 is 5.97 Å². The summed E-state index contributed by atoms with van der Waals surface area (Å²) in [5, 5.41) is 8.60. The van der Waals surface area contributed by atoms with Crippen LogP contribution in [-0.2, 0) is 16.1 Å². The Morgan fingerprint density at radius 2 is 1.91 bits per heavy atom. The third-order valence-electron chi connectivity index (χ3n) is 5.25. The molecule has 4 rings (SSSR count). The van der Waals surface area contributed by atoms with Gasteiger partial charge in [0.25, 0.3) is 11.1 Å². The van der Waals surface area contributed by atoms with Crippen LogP contribution in [0.3, 0.4) is 0 Å². The van der Waals surface area contributed by atoms with E-state index in [0.717, 1.165) is 39.3 Å². The largest absolute Gasteiger partial charge is 0.463 e. The van der Waals surface area contributed by atoms with E-state index in [9.17, 15) is 14.4 Å². The van der Waals surface area contributed by atoms with Crippen LogP contribution in [-0.4, -0.2) is 33.7 Å². The number of nitriles is 1. The molecule has 0 spiro atoms. The number of thioether (sulfide) groups is 1. The van der Waals surface area contributed by atoms with Gasteiger partial charge in [-0.05, 0) is 79.7 Å². The van der Waals surface area contributed by atoms with Crippen molar-refractivity contribution in [2.45, 2.75) is 20.4 Å². The Bertz CT molecular complexity index is 1340. The maximum atomic E-state index is 12.9. The number of aromatic nitrogens is 1. The first kappa shape index (κ1) is 22.2. The van der Waals surface area contributed by atoms with Crippen molar-refractivity contribution >= 4 is 35.0 Å². The number of aryl methyl sites for hydroxylation is 1. The predicted octanol–water partition coefficient (Wildman–Crippen LogP) is 4.58. The van der Waals surface area contributed by atoms with E-state index in [1.165, 1.54) is 19.2 Å². The second-order valence-electron chi connectivity index (χ2n) is 7.35. The molecule has 33 heavy (non-hydrogen) atoms. The number of nitrogens with zero attached hydrogens (tertiary/aromatic N) is 3. The summed E-state index contributed by atoms with van der Waals surface area (Å²) in [6, 6.07) is 14.2. The monoisotopic (exact) mass is 461 g/mol. The van der Waals surface area contributed by atoms with Crippen LogP contribution < -0.4 is 0 Å². The van der Waals surface area contributed by atoms with Crippen LogP contribution in [0.2, 0.25) is 0 Å². The van der Waals surface area contributed by atoms with Crippen molar-refractivity contribution in [1.82, 2.24) is 9.47 Å². The van der Waals surface area contributed by atoms with Gasteiger partial charge < -0.3 is 13.7 Å². The smallest absolute Gasteiger partial charge is 0.373 e. The van der Waals surface area contributed by atoms with Crippen molar-refractivity contribution in [3.05, 3.63) is 81.4 Å². The zero-order valence-corrected chi connectivity index (χ0v) is 18.9. The van der Waals surface area contributed by atoms with Gasteiger partial charge in [0.05, 0.1) is 30.2 Å². The molecule has 8 nitrogen and oxygen atoms in total. The predicted molar refractivity (Wildman–Crippen MR) is 122 cm³/mol. The molecular formula is C24H19N3O5S. The molecule has 166 valence electrons. The highest BCUT2D eigenvalue weighted by atomic mass is 32.2. The van der Waals surface area contributed by atoms with E-state index < -0.39 is 17.1 Å². The number of rotatable bonds is 5. The lowest BCUT2D eigenvalue weighted by Crippen LogP contribution is -2.27. The van der Waals surface area contributed by atoms with Gasteiger partial charge in [-0.25, -0.2) is 4.79 Å². The van der Waals surface area contributed by atoms with Crippen LogP contribution in [0.15, 0.2) is 51.8 Å². The number of esters is 1. The Labute approximate surface area is 194 Å². The van der Waals surface area contributed by atoms with Gasteiger partial charge in [-0.2, -0.15) is 5.26 Å². The zero-order chi connectivity index (χ0) is 23.7. The van der Waals surface area contributed by atoms with Gasteiger partial charge in [0, 0.05) is 17.1 Å². The fourth-order valence-corrected chi connectivity index (χ4v) is 4.45. The molecule has 1 saturated heterocycles. The number of carbonyl (C=O) groups excluding carboxylic acids is 3. The molecule has 0 radical (unpaired) electrons. The molecule has 1 aliphatic heterocycles. The molecule has 3 heterocycles. The highest BCUT2D eigenvalue weighted by molar-refractivity contribution is 8.18. The van der Waals surface area contributed by atoms with E-state index in [4.69, 9.17) is 9.68 Å². The first-order valence-corrected chi connectivity index (χ1v) is 10.8. The van der Waals surface area contributed by atoms with E-state index in [-0.39, 0.29) is 12.3 Å². The van der Waals surface area contributed by atoms with Gasteiger partial charge in [-0.1, -0.05) is 0 Å². The number of methoxy groups -OCH3 is 1. The summed E-state index contributed by atoms with van der Waals surface area (Å²) in [5.74, 6) is -0.750. The number of hydrogen-bond donors (Lipinski definition) is 0. The Balaban J connectivity index is 1.58. The minimum absolute atomic E-state index is 0.00487. The number of ether oxygens (including phenoxy) is 1. The van der Waals surface area contributed by atoms with Crippen LogP contribution >= 0.6 is 11.8 Å². The normalized spacial score (nSPS) is 14.7. The van der Waals surface area contributed by atoms with Gasteiger partial charge in [-0.15, -0.1) is 0 Å². The van der Waals surface area contributed by atoms with Crippen molar-refractivity contribution in [2.24, 2.45) is 0 Å². The third-order valence-corrected chi connectivity index (χ3v) is 6.15. The number of imide groups is 1. The summed E-state index contributed by atoms with van der Waals surface area (Å²) in [6.45, 7) is 3.80. The standard InChI is InChI=1S/C24H19N3O5S/c1-14-10-17(15(2)27(14)18-6-4-16(12-25)5-7-18)11-21-22(28)26(24(30)33-21)13-19-8-9-20(32-19)23(29)31-3/h4-11H,13H2,1-3H3/b21-11+. The number of amides is 2. The maximum Gasteiger partial charge on any atom is 0.373 e. The Hall–Kier alpha value is -4.03. The molecule has 1 aliphatic rings.